The minimum atomic E-state index is -0.816. The molecule has 1 N–H and O–H groups in total. The first-order valence-electron chi connectivity index (χ1n) is 7.17. The number of aliphatic carboxylic acids is 1. The largest absolute Gasteiger partial charge is 0.481 e. The number of likely N-dealkylation sites (tertiary alicyclic amines) is 1. The summed E-state index contributed by atoms with van der Waals surface area (Å²) in [7, 11) is 0. The molecule has 1 aromatic rings. The summed E-state index contributed by atoms with van der Waals surface area (Å²) in [6.07, 6.45) is 1.63. The minimum Gasteiger partial charge on any atom is -0.481 e. The van der Waals surface area contributed by atoms with Gasteiger partial charge < -0.3 is 10.0 Å². The van der Waals surface area contributed by atoms with Crippen molar-refractivity contribution in [3.05, 3.63) is 20.8 Å². The number of hydrogen-bond donors (Lipinski definition) is 1. The van der Waals surface area contributed by atoms with Gasteiger partial charge in [0.1, 0.15) is 0 Å². The molecule has 0 saturated carbocycles. The Morgan fingerprint density at radius 3 is 2.81 bits per heavy atom. The number of nitrogens with zero attached hydrogens (tertiary/aromatic N) is 1. The van der Waals surface area contributed by atoms with Gasteiger partial charge in [-0.2, -0.15) is 0 Å². The molecule has 2 unspecified atom stereocenters. The van der Waals surface area contributed by atoms with Gasteiger partial charge in [0.15, 0.2) is 0 Å². The molecule has 2 rings (SSSR count). The summed E-state index contributed by atoms with van der Waals surface area (Å²) < 4.78 is 0.896. The highest BCUT2D eigenvalue weighted by Gasteiger charge is 2.40. The second-order valence-electron chi connectivity index (χ2n) is 5.85. The summed E-state index contributed by atoms with van der Waals surface area (Å²) in [6, 6.07) is 1.55. The van der Waals surface area contributed by atoms with Gasteiger partial charge in [0.2, 0.25) is 5.91 Å². The van der Waals surface area contributed by atoms with Crippen LogP contribution in [0.2, 0.25) is 0 Å². The summed E-state index contributed by atoms with van der Waals surface area (Å²) in [5, 5.41) is 11.5. The van der Waals surface area contributed by atoms with Crippen molar-refractivity contribution in [3.63, 3.8) is 0 Å². The number of rotatable bonds is 4. The van der Waals surface area contributed by atoms with Crippen molar-refractivity contribution >= 4 is 39.1 Å². The van der Waals surface area contributed by atoms with Gasteiger partial charge in [0.25, 0.3) is 0 Å². The zero-order valence-electron chi connectivity index (χ0n) is 12.2. The van der Waals surface area contributed by atoms with Gasteiger partial charge >= 0.3 is 5.97 Å². The van der Waals surface area contributed by atoms with E-state index in [4.69, 9.17) is 0 Å². The Morgan fingerprint density at radius 1 is 1.57 bits per heavy atom. The van der Waals surface area contributed by atoms with E-state index < -0.39 is 11.9 Å². The van der Waals surface area contributed by atoms with Gasteiger partial charge in [0, 0.05) is 22.3 Å². The van der Waals surface area contributed by atoms with Gasteiger partial charge in [0.05, 0.1) is 12.0 Å². The smallest absolute Gasteiger partial charge is 0.308 e. The van der Waals surface area contributed by atoms with E-state index in [1.54, 1.807) is 4.90 Å². The van der Waals surface area contributed by atoms with Crippen molar-refractivity contribution < 1.29 is 14.7 Å². The van der Waals surface area contributed by atoms with E-state index in [2.05, 4.69) is 29.8 Å². The molecule has 1 aliphatic heterocycles. The van der Waals surface area contributed by atoms with E-state index in [1.807, 2.05) is 11.4 Å². The van der Waals surface area contributed by atoms with Crippen LogP contribution in [0.4, 0.5) is 0 Å². The lowest BCUT2D eigenvalue weighted by molar-refractivity contribution is -0.146. The van der Waals surface area contributed by atoms with Crippen LogP contribution in [0.25, 0.3) is 0 Å². The van der Waals surface area contributed by atoms with E-state index in [9.17, 15) is 14.7 Å². The summed E-state index contributed by atoms with van der Waals surface area (Å²) in [5.74, 6) is -0.977. The Hall–Kier alpha value is -0.880. The molecule has 116 valence electrons. The monoisotopic (exact) mass is 373 g/mol. The van der Waals surface area contributed by atoms with Crippen LogP contribution in [0.1, 0.15) is 44.0 Å². The molecule has 1 amide bonds. The molecule has 0 spiro atoms. The first kappa shape index (κ1) is 16.5. The molecule has 2 atom stereocenters. The SMILES string of the molecule is CC(C)CN1C(=O)CCCC(C(=O)O)C1c1sccc1Br. The summed E-state index contributed by atoms with van der Waals surface area (Å²) in [5.41, 5.74) is 0. The van der Waals surface area contributed by atoms with E-state index in [0.717, 1.165) is 9.35 Å². The molecule has 1 aliphatic rings. The number of carbonyl (C=O) groups is 2. The number of carboxylic acid groups (broad SMARTS) is 1. The van der Waals surface area contributed by atoms with Gasteiger partial charge in [-0.15, -0.1) is 11.3 Å². The van der Waals surface area contributed by atoms with Gasteiger partial charge in [-0.05, 0) is 46.1 Å². The number of halogens is 1. The average Bonchev–Trinajstić information content (AvgIpc) is 2.74. The van der Waals surface area contributed by atoms with Crippen LogP contribution in [0.3, 0.4) is 0 Å². The molecular formula is C15H20BrNO3S. The molecule has 0 bridgehead atoms. The average molecular weight is 374 g/mol. The predicted molar refractivity (Wildman–Crippen MR) is 86.3 cm³/mol. The Balaban J connectivity index is 2.47. The van der Waals surface area contributed by atoms with Gasteiger partial charge in [-0.25, -0.2) is 0 Å². The van der Waals surface area contributed by atoms with Crippen LogP contribution in [-0.2, 0) is 9.59 Å². The second-order valence-corrected chi connectivity index (χ2v) is 7.66. The third-order valence-corrected chi connectivity index (χ3v) is 5.68. The fraction of sp³-hybridized carbons (Fsp3) is 0.600. The van der Waals surface area contributed by atoms with Gasteiger partial charge in [-0.1, -0.05) is 13.8 Å². The molecule has 21 heavy (non-hydrogen) atoms. The fourth-order valence-corrected chi connectivity index (χ4v) is 4.64. The van der Waals surface area contributed by atoms with Crippen LogP contribution in [0.5, 0.6) is 0 Å². The molecule has 0 radical (unpaired) electrons. The van der Waals surface area contributed by atoms with Crippen LogP contribution < -0.4 is 0 Å². The minimum absolute atomic E-state index is 0.0674. The predicted octanol–water partition coefficient (Wildman–Crippen LogP) is 3.92. The Kier molecular flexibility index (Phi) is 5.43. The first-order chi connectivity index (χ1) is 9.91. The van der Waals surface area contributed by atoms with Crippen molar-refractivity contribution in [3.8, 4) is 0 Å². The molecule has 1 saturated heterocycles. The van der Waals surface area contributed by atoms with Crippen molar-refractivity contribution in [2.45, 2.75) is 39.2 Å². The molecule has 6 heteroatoms. The maximum atomic E-state index is 12.5. The summed E-state index contributed by atoms with van der Waals surface area (Å²) in [4.78, 5) is 26.9. The molecular weight excluding hydrogens is 354 g/mol. The number of thiophene rings is 1. The lowest BCUT2D eigenvalue weighted by atomic mass is 9.93. The lowest BCUT2D eigenvalue weighted by Crippen LogP contribution is -2.40. The molecule has 0 aromatic carbocycles. The second kappa shape index (κ2) is 6.92. The molecule has 0 aliphatic carbocycles. The van der Waals surface area contributed by atoms with Crippen molar-refractivity contribution in [2.75, 3.05) is 6.54 Å². The summed E-state index contributed by atoms with van der Waals surface area (Å²) in [6.45, 7) is 4.70. The number of carbonyl (C=O) groups excluding carboxylic acids is 1. The van der Waals surface area contributed by atoms with E-state index >= 15 is 0 Å². The van der Waals surface area contributed by atoms with E-state index in [1.165, 1.54) is 11.3 Å². The highest BCUT2D eigenvalue weighted by molar-refractivity contribution is 9.10. The lowest BCUT2D eigenvalue weighted by Gasteiger charge is -2.34. The number of hydrogen-bond acceptors (Lipinski definition) is 3. The Morgan fingerprint density at radius 2 is 2.29 bits per heavy atom. The molecule has 2 heterocycles. The highest BCUT2D eigenvalue weighted by atomic mass is 79.9. The van der Waals surface area contributed by atoms with Crippen LogP contribution in [0, 0.1) is 11.8 Å². The standard InChI is InChI=1S/C15H20BrNO3S/c1-9(2)8-17-12(18)5-3-4-10(15(19)20)13(17)14-11(16)6-7-21-14/h6-7,9-10,13H,3-5,8H2,1-2H3,(H,19,20). The first-order valence-corrected chi connectivity index (χ1v) is 8.84. The fourth-order valence-electron chi connectivity index (χ4n) is 2.86. The van der Waals surface area contributed by atoms with Crippen LogP contribution >= 0.6 is 27.3 Å². The van der Waals surface area contributed by atoms with Gasteiger partial charge in [-0.3, -0.25) is 9.59 Å². The Labute approximate surface area is 137 Å². The van der Waals surface area contributed by atoms with Crippen molar-refractivity contribution in [2.24, 2.45) is 11.8 Å². The maximum Gasteiger partial charge on any atom is 0.308 e. The maximum absolute atomic E-state index is 12.5. The van der Waals surface area contributed by atoms with E-state index in [-0.39, 0.29) is 11.9 Å². The molecule has 4 nitrogen and oxygen atoms in total. The zero-order valence-corrected chi connectivity index (χ0v) is 14.6. The third-order valence-electron chi connectivity index (χ3n) is 3.74. The van der Waals surface area contributed by atoms with Crippen molar-refractivity contribution in [1.29, 1.82) is 0 Å². The third kappa shape index (κ3) is 3.66. The molecule has 1 fully saturated rings. The topological polar surface area (TPSA) is 57.6 Å². The number of carboxylic acids is 1. The van der Waals surface area contributed by atoms with Crippen LogP contribution in [-0.4, -0.2) is 28.4 Å². The van der Waals surface area contributed by atoms with E-state index in [0.29, 0.717) is 31.7 Å². The number of amides is 1. The zero-order chi connectivity index (χ0) is 15.6. The Bertz CT molecular complexity index is 529. The quantitative estimate of drug-likeness (QED) is 0.869. The van der Waals surface area contributed by atoms with Crippen LogP contribution in [0.15, 0.2) is 15.9 Å². The van der Waals surface area contributed by atoms with Crippen molar-refractivity contribution in [1.82, 2.24) is 4.90 Å². The summed E-state index contributed by atoms with van der Waals surface area (Å²) >= 11 is 5.01. The molecule has 1 aromatic heterocycles. The normalized spacial score (nSPS) is 23.4. The highest BCUT2D eigenvalue weighted by Crippen LogP contribution is 2.41.